The van der Waals surface area contributed by atoms with Crippen molar-refractivity contribution >= 4 is 42.8 Å². The van der Waals surface area contributed by atoms with Gasteiger partial charge in [0.1, 0.15) is 17.6 Å². The smallest absolute Gasteiger partial charge is 0.480 e. The first-order valence-electron chi connectivity index (χ1n) is 10.3. The molecular formula is C20H20F3N5O5S2. The van der Waals surface area contributed by atoms with E-state index < -0.39 is 34.1 Å². The quantitative estimate of drug-likeness (QED) is 0.511. The van der Waals surface area contributed by atoms with E-state index in [0.29, 0.717) is 21.3 Å². The zero-order valence-electron chi connectivity index (χ0n) is 18.4. The van der Waals surface area contributed by atoms with Crippen LogP contribution in [0.25, 0.3) is 10.3 Å². The highest BCUT2D eigenvalue weighted by Gasteiger charge is 2.41. The molecule has 1 saturated heterocycles. The number of aliphatic carboxylic acids is 1. The molecule has 0 saturated carbocycles. The number of hydrogen-bond acceptors (Lipinski definition) is 9. The number of alkyl halides is 3. The molecule has 15 heteroatoms. The summed E-state index contributed by atoms with van der Waals surface area (Å²) in [5.74, 6) is -1.22. The van der Waals surface area contributed by atoms with Crippen LogP contribution in [0.15, 0.2) is 35.4 Å². The SMILES string of the molecule is CC(C)c1ncc2sc(N3CCN(S(=O)(=O)c4ccc(OC(F)(F)F)cc4)[C@@H](C(=O)O)C3)nc2n1. The lowest BCUT2D eigenvalue weighted by Gasteiger charge is -2.38. The van der Waals surface area contributed by atoms with Crippen LogP contribution in [0.4, 0.5) is 18.3 Å². The minimum atomic E-state index is -4.92. The lowest BCUT2D eigenvalue weighted by molar-refractivity contribution is -0.274. The van der Waals surface area contributed by atoms with E-state index >= 15 is 0 Å². The number of anilines is 1. The predicted octanol–water partition coefficient (Wildman–Crippen LogP) is 3.07. The number of piperazine rings is 1. The van der Waals surface area contributed by atoms with Gasteiger partial charge >= 0.3 is 12.3 Å². The summed E-state index contributed by atoms with van der Waals surface area (Å²) >= 11 is 1.27. The minimum Gasteiger partial charge on any atom is -0.480 e. The van der Waals surface area contributed by atoms with E-state index in [1.807, 2.05) is 13.8 Å². The summed E-state index contributed by atoms with van der Waals surface area (Å²) in [6, 6.07) is 2.17. The summed E-state index contributed by atoms with van der Waals surface area (Å²) in [6.07, 6.45) is -3.27. The molecule has 0 aliphatic carbocycles. The molecule has 0 spiro atoms. The molecule has 0 amide bonds. The molecule has 10 nitrogen and oxygen atoms in total. The van der Waals surface area contributed by atoms with Gasteiger partial charge in [-0.1, -0.05) is 25.2 Å². The van der Waals surface area contributed by atoms with Gasteiger partial charge in [0.25, 0.3) is 0 Å². The number of hydrogen-bond donors (Lipinski definition) is 1. The van der Waals surface area contributed by atoms with Crippen molar-refractivity contribution in [1.29, 1.82) is 0 Å². The highest BCUT2D eigenvalue weighted by molar-refractivity contribution is 7.89. The topological polar surface area (TPSA) is 126 Å². The molecule has 3 aromatic rings. The van der Waals surface area contributed by atoms with Gasteiger partial charge in [0, 0.05) is 25.6 Å². The molecule has 1 atom stereocenters. The zero-order chi connectivity index (χ0) is 25.5. The van der Waals surface area contributed by atoms with Crippen molar-refractivity contribution in [2.45, 2.75) is 37.1 Å². The first kappa shape index (κ1) is 25.1. The number of nitrogens with zero attached hydrogens (tertiary/aromatic N) is 5. The van der Waals surface area contributed by atoms with E-state index in [1.165, 1.54) is 11.3 Å². The minimum absolute atomic E-state index is 0.101. The number of fused-ring (bicyclic) bond motifs is 1. The summed E-state index contributed by atoms with van der Waals surface area (Å²) in [6.45, 7) is 3.71. The first-order valence-corrected chi connectivity index (χ1v) is 12.6. The monoisotopic (exact) mass is 531 g/mol. The second-order valence-electron chi connectivity index (χ2n) is 8.00. The number of carboxylic acid groups (broad SMARTS) is 1. The maximum Gasteiger partial charge on any atom is 0.573 e. The number of aromatic nitrogens is 3. The van der Waals surface area contributed by atoms with Crippen LogP contribution < -0.4 is 9.64 Å². The number of rotatable bonds is 6. The fraction of sp³-hybridized carbons (Fsp3) is 0.400. The molecule has 35 heavy (non-hydrogen) atoms. The van der Waals surface area contributed by atoms with Crippen LogP contribution in [-0.2, 0) is 14.8 Å². The van der Waals surface area contributed by atoms with Gasteiger partial charge in [0.05, 0.1) is 15.8 Å². The van der Waals surface area contributed by atoms with Gasteiger partial charge < -0.3 is 14.7 Å². The highest BCUT2D eigenvalue weighted by Crippen LogP contribution is 2.32. The Balaban J connectivity index is 1.56. The normalized spacial score (nSPS) is 17.8. The van der Waals surface area contributed by atoms with Crippen LogP contribution in [0.2, 0.25) is 0 Å². The number of thiazole rings is 1. The van der Waals surface area contributed by atoms with Gasteiger partial charge in [-0.05, 0) is 24.3 Å². The number of carboxylic acids is 1. The highest BCUT2D eigenvalue weighted by atomic mass is 32.2. The molecule has 4 rings (SSSR count). The summed E-state index contributed by atoms with van der Waals surface area (Å²) in [4.78, 5) is 26.5. The largest absolute Gasteiger partial charge is 0.573 e. The molecule has 2 aromatic heterocycles. The maximum absolute atomic E-state index is 13.1. The van der Waals surface area contributed by atoms with Gasteiger partial charge in [-0.15, -0.1) is 13.2 Å². The third-order valence-electron chi connectivity index (χ3n) is 5.22. The van der Waals surface area contributed by atoms with Crippen molar-refractivity contribution in [2.24, 2.45) is 0 Å². The molecule has 3 heterocycles. The Morgan fingerprint density at radius 3 is 2.49 bits per heavy atom. The second-order valence-corrected chi connectivity index (χ2v) is 10.9. The van der Waals surface area contributed by atoms with Crippen molar-refractivity contribution in [2.75, 3.05) is 24.5 Å². The Kier molecular flexibility index (Phi) is 6.59. The van der Waals surface area contributed by atoms with Gasteiger partial charge in [0.15, 0.2) is 10.8 Å². The van der Waals surface area contributed by atoms with Crippen LogP contribution in [-0.4, -0.2) is 70.8 Å². The van der Waals surface area contributed by atoms with E-state index in [1.54, 1.807) is 11.1 Å². The standard InChI is InChI=1S/C20H20F3N5O5S2/c1-11(2)16-24-9-15-17(25-16)26-19(34-15)27-7-8-28(14(10-27)18(29)30)35(31,32)13-5-3-12(4-6-13)33-20(21,22)23/h3-6,9,11,14H,7-8,10H2,1-2H3,(H,29,30)/t14-/m1/s1. The number of halogens is 3. The van der Waals surface area contributed by atoms with Crippen molar-refractivity contribution < 1.29 is 36.2 Å². The fourth-order valence-corrected chi connectivity index (χ4v) is 6.01. The first-order chi connectivity index (χ1) is 16.3. The van der Waals surface area contributed by atoms with E-state index in [9.17, 15) is 31.5 Å². The second kappa shape index (κ2) is 9.20. The Labute approximate surface area is 202 Å². The zero-order valence-corrected chi connectivity index (χ0v) is 20.1. The number of sulfonamides is 1. The van der Waals surface area contributed by atoms with Crippen molar-refractivity contribution in [3.63, 3.8) is 0 Å². The maximum atomic E-state index is 13.1. The Morgan fingerprint density at radius 2 is 1.89 bits per heavy atom. The Bertz CT molecular complexity index is 1350. The number of carbonyl (C=O) groups is 1. The molecule has 1 aliphatic heterocycles. The van der Waals surface area contributed by atoms with Gasteiger partial charge in [-0.3, -0.25) is 4.79 Å². The van der Waals surface area contributed by atoms with Gasteiger partial charge in [-0.25, -0.2) is 18.4 Å². The van der Waals surface area contributed by atoms with E-state index in [4.69, 9.17) is 0 Å². The summed E-state index contributed by atoms with van der Waals surface area (Å²) in [5, 5.41) is 10.3. The average molecular weight is 532 g/mol. The number of ether oxygens (including phenoxy) is 1. The molecule has 188 valence electrons. The van der Waals surface area contributed by atoms with Crippen LogP contribution >= 0.6 is 11.3 Å². The average Bonchev–Trinajstić information content (AvgIpc) is 3.21. The van der Waals surface area contributed by atoms with Crippen LogP contribution in [0.3, 0.4) is 0 Å². The van der Waals surface area contributed by atoms with Gasteiger partial charge in [0.2, 0.25) is 10.0 Å². The van der Waals surface area contributed by atoms with E-state index in [2.05, 4.69) is 19.7 Å². The molecule has 0 bridgehead atoms. The molecule has 1 N–H and O–H groups in total. The van der Waals surface area contributed by atoms with Crippen LogP contribution in [0.5, 0.6) is 5.75 Å². The molecule has 0 radical (unpaired) electrons. The third-order valence-corrected chi connectivity index (χ3v) is 8.19. The van der Waals surface area contributed by atoms with Crippen molar-refractivity contribution in [3.05, 3.63) is 36.3 Å². The molecule has 1 aromatic carbocycles. The summed E-state index contributed by atoms with van der Waals surface area (Å²) in [5.41, 5.74) is 0.479. The number of benzene rings is 1. The van der Waals surface area contributed by atoms with Crippen molar-refractivity contribution in [3.8, 4) is 5.75 Å². The molecular weight excluding hydrogens is 511 g/mol. The van der Waals surface area contributed by atoms with E-state index in [-0.39, 0.29) is 30.4 Å². The van der Waals surface area contributed by atoms with Crippen LogP contribution in [0, 0.1) is 0 Å². The Hall–Kier alpha value is -3.04. The Morgan fingerprint density at radius 1 is 1.20 bits per heavy atom. The van der Waals surface area contributed by atoms with E-state index in [0.717, 1.165) is 28.6 Å². The van der Waals surface area contributed by atoms with Gasteiger partial charge in [-0.2, -0.15) is 9.29 Å². The summed E-state index contributed by atoms with van der Waals surface area (Å²) in [7, 11) is -4.31. The lowest BCUT2D eigenvalue weighted by atomic mass is 10.2. The third kappa shape index (κ3) is 5.31. The summed E-state index contributed by atoms with van der Waals surface area (Å²) < 4.78 is 68.7. The molecule has 1 fully saturated rings. The van der Waals surface area contributed by atoms with Crippen molar-refractivity contribution in [1.82, 2.24) is 19.3 Å². The predicted molar refractivity (Wildman–Crippen MR) is 120 cm³/mol. The molecule has 0 unspecified atom stereocenters. The lowest BCUT2D eigenvalue weighted by Crippen LogP contribution is -2.58. The molecule has 1 aliphatic rings. The van der Waals surface area contributed by atoms with Crippen LogP contribution in [0.1, 0.15) is 25.6 Å². The fourth-order valence-electron chi connectivity index (χ4n) is 3.53.